The van der Waals surface area contributed by atoms with Crippen molar-refractivity contribution >= 4 is 23.3 Å². The molecule has 2 aromatic heterocycles. The molecule has 0 aliphatic rings. The molecule has 0 fully saturated rings. The predicted octanol–water partition coefficient (Wildman–Crippen LogP) is 3.06. The van der Waals surface area contributed by atoms with Crippen molar-refractivity contribution < 1.29 is 0 Å². The molecule has 3 heteroatoms. The second kappa shape index (κ2) is 4.22. The van der Waals surface area contributed by atoms with Crippen molar-refractivity contribution in [2.45, 2.75) is 0 Å². The number of fused-ring (bicyclic) bond motifs is 1. The lowest BCUT2D eigenvalue weighted by atomic mass is 10.3. The maximum atomic E-state index is 4.32. The van der Waals surface area contributed by atoms with E-state index in [1.807, 2.05) is 65.6 Å². The molecule has 2 heterocycles. The lowest BCUT2D eigenvalue weighted by Crippen LogP contribution is -1.83. The third kappa shape index (κ3) is 1.95. The Labute approximate surface area is 99.1 Å². The Morgan fingerprint density at radius 3 is 2.71 bits per heavy atom. The first-order chi connectivity index (χ1) is 8.43. The van der Waals surface area contributed by atoms with Gasteiger partial charge in [0.25, 0.3) is 0 Å². The van der Waals surface area contributed by atoms with Crippen LogP contribution in [0.15, 0.2) is 55.0 Å². The van der Waals surface area contributed by atoms with E-state index >= 15 is 0 Å². The summed E-state index contributed by atoms with van der Waals surface area (Å²) in [6.07, 6.45) is 7.53. The maximum Gasteiger partial charge on any atom is 0.0999 e. The molecule has 0 bridgehead atoms. The summed E-state index contributed by atoms with van der Waals surface area (Å²) in [5.74, 6) is 0. The van der Waals surface area contributed by atoms with Gasteiger partial charge in [-0.1, -0.05) is 18.2 Å². The molecule has 3 aromatic rings. The summed E-state index contributed by atoms with van der Waals surface area (Å²) < 4.78 is 1.99. The van der Waals surface area contributed by atoms with Crippen molar-refractivity contribution in [3.8, 4) is 0 Å². The molecule has 0 amide bonds. The molecule has 0 aliphatic heterocycles. The largest absolute Gasteiger partial charge is 0.306 e. The van der Waals surface area contributed by atoms with Gasteiger partial charge in [0.2, 0.25) is 0 Å². The molecular formula is C14H11N3. The van der Waals surface area contributed by atoms with Gasteiger partial charge in [-0.3, -0.25) is 4.98 Å². The van der Waals surface area contributed by atoms with Gasteiger partial charge in [-0.25, -0.2) is 4.98 Å². The summed E-state index contributed by atoms with van der Waals surface area (Å²) in [6.45, 7) is 0. The zero-order chi connectivity index (χ0) is 11.5. The highest BCUT2D eigenvalue weighted by atomic mass is 15.0. The van der Waals surface area contributed by atoms with Crippen molar-refractivity contribution in [1.29, 1.82) is 0 Å². The quantitative estimate of drug-likeness (QED) is 0.665. The van der Waals surface area contributed by atoms with E-state index in [4.69, 9.17) is 0 Å². The number of para-hydroxylation sites is 2. The summed E-state index contributed by atoms with van der Waals surface area (Å²) in [6, 6.07) is 13.9. The highest BCUT2D eigenvalue weighted by Crippen LogP contribution is 2.12. The summed E-state index contributed by atoms with van der Waals surface area (Å²) in [7, 11) is 0. The highest BCUT2D eigenvalue weighted by Gasteiger charge is 1.97. The average molecular weight is 221 g/mol. The fraction of sp³-hybridized carbons (Fsp3) is 0. The molecule has 0 radical (unpaired) electrons. The Bertz CT molecular complexity index is 653. The van der Waals surface area contributed by atoms with E-state index in [-0.39, 0.29) is 0 Å². The monoisotopic (exact) mass is 221 g/mol. The summed E-state index contributed by atoms with van der Waals surface area (Å²) in [5.41, 5.74) is 3.03. The number of hydrogen-bond donors (Lipinski definition) is 0. The van der Waals surface area contributed by atoms with E-state index in [1.54, 1.807) is 6.20 Å². The molecular weight excluding hydrogens is 210 g/mol. The van der Waals surface area contributed by atoms with Gasteiger partial charge < -0.3 is 4.57 Å². The van der Waals surface area contributed by atoms with Crippen LogP contribution in [-0.4, -0.2) is 14.5 Å². The predicted molar refractivity (Wildman–Crippen MR) is 69.2 cm³/mol. The van der Waals surface area contributed by atoms with E-state index in [2.05, 4.69) is 9.97 Å². The Kier molecular flexibility index (Phi) is 2.43. The van der Waals surface area contributed by atoms with Gasteiger partial charge in [0.1, 0.15) is 0 Å². The van der Waals surface area contributed by atoms with Crippen LogP contribution >= 0.6 is 0 Å². The smallest absolute Gasteiger partial charge is 0.0999 e. The average Bonchev–Trinajstić information content (AvgIpc) is 2.81. The first kappa shape index (κ1) is 9.78. The fourth-order valence-corrected chi connectivity index (χ4v) is 1.73. The second-order valence-corrected chi connectivity index (χ2v) is 3.71. The number of nitrogens with zero attached hydrogens (tertiary/aromatic N) is 3. The zero-order valence-electron chi connectivity index (χ0n) is 9.19. The first-order valence-corrected chi connectivity index (χ1v) is 5.44. The molecule has 3 rings (SSSR count). The van der Waals surface area contributed by atoms with E-state index in [0.29, 0.717) is 0 Å². The zero-order valence-corrected chi connectivity index (χ0v) is 9.19. The van der Waals surface area contributed by atoms with Gasteiger partial charge >= 0.3 is 0 Å². The molecule has 82 valence electrons. The van der Waals surface area contributed by atoms with Crippen LogP contribution in [0.2, 0.25) is 0 Å². The third-order valence-corrected chi connectivity index (χ3v) is 2.57. The standard InChI is InChI=1S/C14H11N3/c1-2-7-14-13(6-1)16-11-17(14)10-8-12-5-3-4-9-15-12/h1-11H. The van der Waals surface area contributed by atoms with Crippen LogP contribution in [0.5, 0.6) is 0 Å². The number of benzene rings is 1. The van der Waals surface area contributed by atoms with Gasteiger partial charge in [0.05, 0.1) is 23.1 Å². The topological polar surface area (TPSA) is 30.7 Å². The van der Waals surface area contributed by atoms with Crippen molar-refractivity contribution in [3.63, 3.8) is 0 Å². The van der Waals surface area contributed by atoms with E-state index in [9.17, 15) is 0 Å². The molecule has 1 aromatic carbocycles. The van der Waals surface area contributed by atoms with Crippen LogP contribution in [0, 0.1) is 0 Å². The Morgan fingerprint density at radius 1 is 0.941 bits per heavy atom. The van der Waals surface area contributed by atoms with Crippen LogP contribution in [0.25, 0.3) is 23.3 Å². The van der Waals surface area contributed by atoms with Crippen molar-refractivity contribution in [1.82, 2.24) is 14.5 Å². The Hall–Kier alpha value is -2.42. The van der Waals surface area contributed by atoms with Gasteiger partial charge in [-0.15, -0.1) is 0 Å². The SMILES string of the molecule is C(=Cn1cnc2ccccc21)c1ccccn1. The summed E-state index contributed by atoms with van der Waals surface area (Å²) in [4.78, 5) is 8.56. The minimum Gasteiger partial charge on any atom is -0.306 e. The highest BCUT2D eigenvalue weighted by molar-refractivity contribution is 5.78. The molecule has 0 aliphatic carbocycles. The van der Waals surface area contributed by atoms with Crippen LogP contribution in [0.3, 0.4) is 0 Å². The maximum absolute atomic E-state index is 4.32. The molecule has 0 saturated carbocycles. The van der Waals surface area contributed by atoms with Crippen LogP contribution in [0.4, 0.5) is 0 Å². The lowest BCUT2D eigenvalue weighted by Gasteiger charge is -1.95. The molecule has 0 unspecified atom stereocenters. The lowest BCUT2D eigenvalue weighted by molar-refractivity contribution is 1.18. The van der Waals surface area contributed by atoms with Gasteiger partial charge in [0, 0.05) is 12.4 Å². The molecule has 17 heavy (non-hydrogen) atoms. The molecule has 0 spiro atoms. The normalized spacial score (nSPS) is 11.3. The Morgan fingerprint density at radius 2 is 1.82 bits per heavy atom. The van der Waals surface area contributed by atoms with Crippen LogP contribution < -0.4 is 0 Å². The minimum atomic E-state index is 0.935. The van der Waals surface area contributed by atoms with E-state index in [1.165, 1.54) is 0 Å². The van der Waals surface area contributed by atoms with Crippen LogP contribution in [-0.2, 0) is 0 Å². The molecule has 0 saturated heterocycles. The number of aromatic nitrogens is 3. The van der Waals surface area contributed by atoms with E-state index in [0.717, 1.165) is 16.7 Å². The molecule has 3 nitrogen and oxygen atoms in total. The number of imidazole rings is 1. The fourth-order valence-electron chi connectivity index (χ4n) is 1.73. The van der Waals surface area contributed by atoms with Gasteiger partial charge in [-0.2, -0.15) is 0 Å². The summed E-state index contributed by atoms with van der Waals surface area (Å²) in [5, 5.41) is 0. The second-order valence-electron chi connectivity index (χ2n) is 3.71. The van der Waals surface area contributed by atoms with Gasteiger partial charge in [0.15, 0.2) is 0 Å². The van der Waals surface area contributed by atoms with E-state index < -0.39 is 0 Å². The first-order valence-electron chi connectivity index (χ1n) is 5.44. The number of pyridine rings is 1. The van der Waals surface area contributed by atoms with Crippen molar-refractivity contribution in [3.05, 3.63) is 60.7 Å². The Balaban J connectivity index is 1.98. The minimum absolute atomic E-state index is 0.935. The van der Waals surface area contributed by atoms with Crippen molar-refractivity contribution in [2.75, 3.05) is 0 Å². The number of rotatable bonds is 2. The number of hydrogen-bond acceptors (Lipinski definition) is 2. The third-order valence-electron chi connectivity index (χ3n) is 2.57. The molecule has 0 N–H and O–H groups in total. The van der Waals surface area contributed by atoms with Crippen LogP contribution in [0.1, 0.15) is 5.69 Å². The molecule has 0 atom stereocenters. The van der Waals surface area contributed by atoms with Crippen molar-refractivity contribution in [2.24, 2.45) is 0 Å². The summed E-state index contributed by atoms with van der Waals surface area (Å²) >= 11 is 0. The van der Waals surface area contributed by atoms with Gasteiger partial charge in [-0.05, 0) is 30.3 Å².